The zero-order chi connectivity index (χ0) is 15.5. The van der Waals surface area contributed by atoms with Gasteiger partial charge >= 0.3 is 0 Å². The number of hydrogen-bond acceptors (Lipinski definition) is 2. The van der Waals surface area contributed by atoms with Crippen LogP contribution in [0.5, 0.6) is 0 Å². The molecule has 0 aliphatic carbocycles. The minimum atomic E-state index is -0.509. The molecule has 2 nitrogen and oxygen atoms in total. The van der Waals surface area contributed by atoms with Gasteiger partial charge in [0.05, 0.1) is 0 Å². The molecule has 2 aliphatic rings. The van der Waals surface area contributed by atoms with E-state index in [0.29, 0.717) is 0 Å². The van der Waals surface area contributed by atoms with Crippen molar-refractivity contribution in [2.24, 2.45) is 0 Å². The zero-order valence-electron chi connectivity index (χ0n) is 14.9. The van der Waals surface area contributed by atoms with Gasteiger partial charge in [0.25, 0.3) is 0 Å². The summed E-state index contributed by atoms with van der Waals surface area (Å²) in [5.74, 6) is 0. The van der Waals surface area contributed by atoms with E-state index in [1.54, 1.807) is 0 Å². The van der Waals surface area contributed by atoms with Crippen molar-refractivity contribution in [2.75, 3.05) is 32.7 Å². The molecule has 22 heavy (non-hydrogen) atoms. The molecular weight excluding hydrogens is 284 g/mol. The normalized spacial score (nSPS) is 23.4. The van der Waals surface area contributed by atoms with E-state index in [0.717, 1.165) is 0 Å². The van der Waals surface area contributed by atoms with Crippen molar-refractivity contribution < 1.29 is 0 Å². The van der Waals surface area contributed by atoms with Crippen molar-refractivity contribution in [2.45, 2.75) is 76.4 Å². The SMILES string of the molecule is C[SiH](CC=CN1CCCCCC1)CCCN1CCCCCC1. The van der Waals surface area contributed by atoms with Gasteiger partial charge in [-0.1, -0.05) is 44.4 Å². The summed E-state index contributed by atoms with van der Waals surface area (Å²) in [7, 11) is -0.509. The zero-order valence-corrected chi connectivity index (χ0v) is 16.1. The Kier molecular flexibility index (Phi) is 9.26. The second-order valence-electron chi connectivity index (χ2n) is 7.57. The highest BCUT2D eigenvalue weighted by Gasteiger charge is 2.10. The average molecular weight is 323 g/mol. The molecule has 0 spiro atoms. The van der Waals surface area contributed by atoms with Crippen LogP contribution in [-0.4, -0.2) is 51.3 Å². The van der Waals surface area contributed by atoms with Gasteiger partial charge in [-0.25, -0.2) is 0 Å². The molecule has 0 saturated carbocycles. The lowest BCUT2D eigenvalue weighted by Gasteiger charge is -2.20. The number of hydrogen-bond donors (Lipinski definition) is 0. The van der Waals surface area contributed by atoms with E-state index in [4.69, 9.17) is 0 Å². The Morgan fingerprint density at radius 3 is 2.05 bits per heavy atom. The fraction of sp³-hybridized carbons (Fsp3) is 0.895. The van der Waals surface area contributed by atoms with Crippen LogP contribution in [0.15, 0.2) is 12.3 Å². The van der Waals surface area contributed by atoms with Crippen LogP contribution in [-0.2, 0) is 0 Å². The second-order valence-corrected chi connectivity index (χ2v) is 10.8. The summed E-state index contributed by atoms with van der Waals surface area (Å²) >= 11 is 0. The van der Waals surface area contributed by atoms with Gasteiger partial charge in [0.15, 0.2) is 0 Å². The molecule has 0 aromatic heterocycles. The molecule has 1 atom stereocenters. The largest absolute Gasteiger partial charge is 0.378 e. The third-order valence-electron chi connectivity index (χ3n) is 5.37. The standard InChI is InChI=1S/C19H38N2Si/c1-22(18-10-16-20-12-6-2-3-7-13-20)19-11-17-21-14-8-4-5-9-15-21/h10,16,22H,2-9,11-15,17-19H2,1H3. The first kappa shape index (κ1) is 18.1. The van der Waals surface area contributed by atoms with Gasteiger partial charge < -0.3 is 9.80 Å². The topological polar surface area (TPSA) is 6.48 Å². The molecule has 0 aromatic rings. The summed E-state index contributed by atoms with van der Waals surface area (Å²) in [6, 6.07) is 2.93. The van der Waals surface area contributed by atoms with Crippen molar-refractivity contribution in [3.63, 3.8) is 0 Å². The molecule has 3 heteroatoms. The minimum absolute atomic E-state index is 0.509. The van der Waals surface area contributed by atoms with Gasteiger partial charge in [-0.3, -0.25) is 0 Å². The van der Waals surface area contributed by atoms with Crippen molar-refractivity contribution in [1.29, 1.82) is 0 Å². The molecule has 0 radical (unpaired) electrons. The molecular formula is C19H38N2Si. The fourth-order valence-electron chi connectivity index (χ4n) is 3.83. The third kappa shape index (κ3) is 7.82. The number of rotatable bonds is 7. The lowest BCUT2D eigenvalue weighted by Crippen LogP contribution is -2.26. The molecule has 2 fully saturated rings. The van der Waals surface area contributed by atoms with Crippen molar-refractivity contribution in [3.8, 4) is 0 Å². The molecule has 128 valence electrons. The van der Waals surface area contributed by atoms with Crippen molar-refractivity contribution in [1.82, 2.24) is 9.80 Å². The first-order chi connectivity index (χ1) is 10.8. The lowest BCUT2D eigenvalue weighted by atomic mass is 10.2. The summed E-state index contributed by atoms with van der Waals surface area (Å²) in [6.07, 6.45) is 17.8. The summed E-state index contributed by atoms with van der Waals surface area (Å²) in [4.78, 5) is 5.28. The van der Waals surface area contributed by atoms with Crippen LogP contribution in [0.4, 0.5) is 0 Å². The van der Waals surface area contributed by atoms with Crippen LogP contribution < -0.4 is 0 Å². The van der Waals surface area contributed by atoms with Gasteiger partial charge in [0, 0.05) is 21.9 Å². The summed E-state index contributed by atoms with van der Waals surface area (Å²) in [5.41, 5.74) is 0. The quantitative estimate of drug-likeness (QED) is 0.637. The number of nitrogens with zero attached hydrogens (tertiary/aromatic N) is 2. The predicted molar refractivity (Wildman–Crippen MR) is 101 cm³/mol. The van der Waals surface area contributed by atoms with Gasteiger partial charge in [-0.2, -0.15) is 0 Å². The van der Waals surface area contributed by atoms with Crippen LogP contribution in [0.25, 0.3) is 0 Å². The van der Waals surface area contributed by atoms with Crippen LogP contribution in [0, 0.1) is 0 Å². The van der Waals surface area contributed by atoms with Gasteiger partial charge in [0.2, 0.25) is 0 Å². The highest BCUT2D eigenvalue weighted by atomic mass is 28.3. The molecule has 2 aliphatic heterocycles. The van der Waals surface area contributed by atoms with E-state index >= 15 is 0 Å². The van der Waals surface area contributed by atoms with Crippen molar-refractivity contribution in [3.05, 3.63) is 12.3 Å². The van der Waals surface area contributed by atoms with Gasteiger partial charge in [-0.15, -0.1) is 0 Å². The summed E-state index contributed by atoms with van der Waals surface area (Å²) in [5, 5.41) is 0. The molecule has 0 N–H and O–H groups in total. The maximum absolute atomic E-state index is 2.72. The lowest BCUT2D eigenvalue weighted by molar-refractivity contribution is 0.285. The van der Waals surface area contributed by atoms with Crippen LogP contribution in [0.3, 0.4) is 0 Å². The Balaban J connectivity index is 1.54. The van der Waals surface area contributed by atoms with E-state index in [1.807, 2.05) is 0 Å². The average Bonchev–Trinajstić information content (AvgIpc) is 2.92. The third-order valence-corrected chi connectivity index (χ3v) is 7.84. The first-order valence-corrected chi connectivity index (χ1v) is 12.8. The fourth-order valence-corrected chi connectivity index (χ4v) is 5.53. The van der Waals surface area contributed by atoms with Crippen molar-refractivity contribution >= 4 is 8.80 Å². The maximum Gasteiger partial charge on any atom is 0.0376 e. The van der Waals surface area contributed by atoms with E-state index in [2.05, 4.69) is 28.6 Å². The van der Waals surface area contributed by atoms with Crippen LogP contribution in [0.2, 0.25) is 18.6 Å². The molecule has 0 amide bonds. The molecule has 2 saturated heterocycles. The van der Waals surface area contributed by atoms with E-state index in [1.165, 1.54) is 103 Å². The summed E-state index contributed by atoms with van der Waals surface area (Å²) in [6.45, 7) is 9.25. The van der Waals surface area contributed by atoms with E-state index in [-0.39, 0.29) is 0 Å². The predicted octanol–water partition coefficient (Wildman–Crippen LogP) is 4.50. The summed E-state index contributed by atoms with van der Waals surface area (Å²) < 4.78 is 0. The minimum Gasteiger partial charge on any atom is -0.378 e. The molecule has 1 unspecified atom stereocenters. The Morgan fingerprint density at radius 1 is 0.818 bits per heavy atom. The second kappa shape index (κ2) is 11.3. The Bertz CT molecular complexity index is 290. The monoisotopic (exact) mass is 322 g/mol. The maximum atomic E-state index is 2.72. The van der Waals surface area contributed by atoms with Gasteiger partial charge in [0.1, 0.15) is 0 Å². The Labute approximate surface area is 140 Å². The first-order valence-electron chi connectivity index (χ1n) is 9.97. The van der Waals surface area contributed by atoms with Crippen LogP contribution >= 0.6 is 0 Å². The Morgan fingerprint density at radius 2 is 1.41 bits per heavy atom. The number of likely N-dealkylation sites (tertiary alicyclic amines) is 2. The number of allylic oxidation sites excluding steroid dienone is 1. The van der Waals surface area contributed by atoms with E-state index < -0.39 is 8.80 Å². The molecule has 2 heterocycles. The molecule has 0 bridgehead atoms. The smallest absolute Gasteiger partial charge is 0.0376 e. The molecule has 2 rings (SSSR count). The highest BCUT2D eigenvalue weighted by molar-refractivity contribution is 6.57. The van der Waals surface area contributed by atoms with Crippen LogP contribution in [0.1, 0.15) is 57.8 Å². The van der Waals surface area contributed by atoms with Gasteiger partial charge in [-0.05, 0) is 64.0 Å². The highest BCUT2D eigenvalue weighted by Crippen LogP contribution is 2.13. The molecule has 0 aromatic carbocycles. The van der Waals surface area contributed by atoms with E-state index in [9.17, 15) is 0 Å². The Hall–Kier alpha value is -0.283.